The van der Waals surface area contributed by atoms with Crippen LogP contribution >= 0.6 is 0 Å². The quantitative estimate of drug-likeness (QED) is 0.740. The van der Waals surface area contributed by atoms with Crippen molar-refractivity contribution < 1.29 is 24.5 Å². The first-order valence-electron chi connectivity index (χ1n) is 7.68. The molecule has 0 aliphatic heterocycles. The fourth-order valence-corrected chi connectivity index (χ4v) is 2.59. The lowest BCUT2D eigenvalue weighted by molar-refractivity contribution is -0.159. The second-order valence-corrected chi connectivity index (χ2v) is 5.72. The summed E-state index contributed by atoms with van der Waals surface area (Å²) < 4.78 is 5.57. The standard InChI is InChI=1S/C15H23NO.C2H2O4/c1-11-8-9-13(10-12(11)2)16-14-6-4-5-7-15(14)17-3;3-1(4)2(5)6/h8-10,14-16H,4-7H2,1-3H3;(H,3,4)(H,5,6). The van der Waals surface area contributed by atoms with Gasteiger partial charge in [-0.1, -0.05) is 18.9 Å². The highest BCUT2D eigenvalue weighted by molar-refractivity contribution is 6.27. The van der Waals surface area contributed by atoms with E-state index in [1.54, 1.807) is 0 Å². The highest BCUT2D eigenvalue weighted by atomic mass is 16.5. The molecule has 0 saturated heterocycles. The summed E-state index contributed by atoms with van der Waals surface area (Å²) in [6.07, 6.45) is 5.36. The smallest absolute Gasteiger partial charge is 0.414 e. The van der Waals surface area contributed by atoms with Crippen LogP contribution in [0.15, 0.2) is 18.2 Å². The molecule has 1 fully saturated rings. The molecule has 0 bridgehead atoms. The maximum Gasteiger partial charge on any atom is 0.414 e. The topological polar surface area (TPSA) is 95.9 Å². The van der Waals surface area contributed by atoms with Crippen molar-refractivity contribution in [2.45, 2.75) is 51.7 Å². The minimum absolute atomic E-state index is 0.366. The monoisotopic (exact) mass is 323 g/mol. The van der Waals surface area contributed by atoms with Gasteiger partial charge in [0.15, 0.2) is 0 Å². The third-order valence-electron chi connectivity index (χ3n) is 4.05. The van der Waals surface area contributed by atoms with Crippen LogP contribution in [0.5, 0.6) is 0 Å². The van der Waals surface area contributed by atoms with Crippen LogP contribution in [0.3, 0.4) is 0 Å². The van der Waals surface area contributed by atoms with Crippen molar-refractivity contribution in [3.8, 4) is 0 Å². The van der Waals surface area contributed by atoms with E-state index in [2.05, 4.69) is 37.4 Å². The first kappa shape index (κ1) is 19.0. The Bertz CT molecular complexity index is 532. The van der Waals surface area contributed by atoms with Crippen LogP contribution in [-0.4, -0.2) is 41.4 Å². The van der Waals surface area contributed by atoms with Crippen LogP contribution in [0, 0.1) is 13.8 Å². The molecule has 1 aliphatic carbocycles. The number of hydrogen-bond donors (Lipinski definition) is 3. The van der Waals surface area contributed by atoms with Crippen LogP contribution in [0.1, 0.15) is 36.8 Å². The van der Waals surface area contributed by atoms with Gasteiger partial charge in [0, 0.05) is 12.8 Å². The molecule has 0 radical (unpaired) electrons. The van der Waals surface area contributed by atoms with Gasteiger partial charge < -0.3 is 20.3 Å². The second kappa shape index (κ2) is 9.15. The number of methoxy groups -OCH3 is 1. The zero-order valence-electron chi connectivity index (χ0n) is 13.8. The normalized spacial score (nSPS) is 20.1. The molecule has 2 atom stereocenters. The van der Waals surface area contributed by atoms with Gasteiger partial charge in [-0.3, -0.25) is 0 Å². The summed E-state index contributed by atoms with van der Waals surface area (Å²) in [5, 5.41) is 18.4. The van der Waals surface area contributed by atoms with Gasteiger partial charge in [0.2, 0.25) is 0 Å². The molecular weight excluding hydrogens is 298 g/mol. The highest BCUT2D eigenvalue weighted by Crippen LogP contribution is 2.25. The zero-order valence-corrected chi connectivity index (χ0v) is 13.8. The number of aryl methyl sites for hydroxylation is 2. The number of carboxylic acid groups (broad SMARTS) is 2. The van der Waals surface area contributed by atoms with Crippen molar-refractivity contribution in [3.63, 3.8) is 0 Å². The van der Waals surface area contributed by atoms with Crippen LogP contribution < -0.4 is 5.32 Å². The lowest BCUT2D eigenvalue weighted by Crippen LogP contribution is -2.37. The predicted molar refractivity (Wildman–Crippen MR) is 87.9 cm³/mol. The number of benzene rings is 1. The molecule has 0 heterocycles. The maximum atomic E-state index is 9.10. The molecule has 6 heteroatoms. The molecular formula is C17H25NO5. The lowest BCUT2D eigenvalue weighted by atomic mass is 9.92. The third-order valence-corrected chi connectivity index (χ3v) is 4.05. The Morgan fingerprint density at radius 1 is 1.09 bits per heavy atom. The molecule has 6 nitrogen and oxygen atoms in total. The Morgan fingerprint density at radius 2 is 1.70 bits per heavy atom. The van der Waals surface area contributed by atoms with Gasteiger partial charge in [-0.15, -0.1) is 0 Å². The zero-order chi connectivity index (χ0) is 17.4. The molecule has 1 aromatic rings. The maximum absolute atomic E-state index is 9.10. The summed E-state index contributed by atoms with van der Waals surface area (Å²) in [5.41, 5.74) is 3.92. The van der Waals surface area contributed by atoms with E-state index in [-0.39, 0.29) is 0 Å². The lowest BCUT2D eigenvalue weighted by Gasteiger charge is -2.32. The summed E-state index contributed by atoms with van der Waals surface area (Å²) in [4.78, 5) is 18.2. The van der Waals surface area contributed by atoms with E-state index < -0.39 is 11.9 Å². The molecule has 1 aliphatic rings. The number of ether oxygens (including phenoxy) is 1. The number of aliphatic carboxylic acids is 2. The van der Waals surface area contributed by atoms with Gasteiger partial charge in [0.05, 0.1) is 12.1 Å². The number of rotatable bonds is 3. The van der Waals surface area contributed by atoms with Gasteiger partial charge >= 0.3 is 11.9 Å². The minimum Gasteiger partial charge on any atom is -0.473 e. The van der Waals surface area contributed by atoms with Gasteiger partial charge in [-0.25, -0.2) is 9.59 Å². The highest BCUT2D eigenvalue weighted by Gasteiger charge is 2.24. The Morgan fingerprint density at radius 3 is 2.22 bits per heavy atom. The number of carbonyl (C=O) groups is 2. The minimum atomic E-state index is -1.82. The largest absolute Gasteiger partial charge is 0.473 e. The van der Waals surface area contributed by atoms with Gasteiger partial charge in [-0.05, 0) is 49.9 Å². The van der Waals surface area contributed by atoms with Crippen LogP contribution in [0.4, 0.5) is 5.69 Å². The van der Waals surface area contributed by atoms with E-state index in [1.807, 2.05) is 7.11 Å². The molecule has 0 amide bonds. The molecule has 0 spiro atoms. The van der Waals surface area contributed by atoms with Crippen LogP contribution in [-0.2, 0) is 14.3 Å². The van der Waals surface area contributed by atoms with Gasteiger partial charge in [-0.2, -0.15) is 0 Å². The summed E-state index contributed by atoms with van der Waals surface area (Å²) >= 11 is 0. The average molecular weight is 323 g/mol. The summed E-state index contributed by atoms with van der Waals surface area (Å²) in [7, 11) is 1.82. The van der Waals surface area contributed by atoms with E-state index in [0.29, 0.717) is 12.1 Å². The fourth-order valence-electron chi connectivity index (χ4n) is 2.59. The third kappa shape index (κ3) is 6.28. The molecule has 2 unspecified atom stereocenters. The van der Waals surface area contributed by atoms with E-state index >= 15 is 0 Å². The van der Waals surface area contributed by atoms with Crippen molar-refractivity contribution >= 4 is 17.6 Å². The number of hydrogen-bond acceptors (Lipinski definition) is 4. The van der Waals surface area contributed by atoms with Crippen molar-refractivity contribution in [3.05, 3.63) is 29.3 Å². The first-order valence-corrected chi connectivity index (χ1v) is 7.68. The van der Waals surface area contributed by atoms with Crippen molar-refractivity contribution in [2.75, 3.05) is 12.4 Å². The number of carboxylic acids is 2. The Balaban J connectivity index is 0.000000379. The molecule has 0 aromatic heterocycles. The number of nitrogens with one attached hydrogen (secondary N) is 1. The van der Waals surface area contributed by atoms with E-state index in [0.717, 1.165) is 0 Å². The molecule has 128 valence electrons. The van der Waals surface area contributed by atoms with E-state index in [9.17, 15) is 0 Å². The van der Waals surface area contributed by atoms with Crippen molar-refractivity contribution in [2.24, 2.45) is 0 Å². The van der Waals surface area contributed by atoms with Gasteiger partial charge in [0.25, 0.3) is 0 Å². The Kier molecular flexibility index (Phi) is 7.54. The summed E-state index contributed by atoms with van der Waals surface area (Å²) in [6, 6.07) is 7.05. The van der Waals surface area contributed by atoms with E-state index in [1.165, 1.54) is 42.5 Å². The number of anilines is 1. The summed E-state index contributed by atoms with van der Waals surface area (Å²) in [6.45, 7) is 4.31. The molecule has 1 saturated carbocycles. The van der Waals surface area contributed by atoms with Crippen molar-refractivity contribution in [1.82, 2.24) is 0 Å². The molecule has 23 heavy (non-hydrogen) atoms. The van der Waals surface area contributed by atoms with Crippen LogP contribution in [0.25, 0.3) is 0 Å². The van der Waals surface area contributed by atoms with Crippen LogP contribution in [0.2, 0.25) is 0 Å². The molecule has 2 rings (SSSR count). The van der Waals surface area contributed by atoms with E-state index in [4.69, 9.17) is 24.5 Å². The molecule has 1 aromatic carbocycles. The fraction of sp³-hybridized carbons (Fsp3) is 0.529. The predicted octanol–water partition coefficient (Wildman–Crippen LogP) is 2.83. The Labute approximate surface area is 136 Å². The SMILES string of the molecule is COC1CCCCC1Nc1ccc(C)c(C)c1.O=C(O)C(=O)O. The second-order valence-electron chi connectivity index (χ2n) is 5.72. The first-order chi connectivity index (χ1) is 10.8. The van der Waals surface area contributed by atoms with Gasteiger partial charge in [0.1, 0.15) is 0 Å². The average Bonchev–Trinajstić information content (AvgIpc) is 2.52. The molecule has 3 N–H and O–H groups in total. The van der Waals surface area contributed by atoms with Crippen molar-refractivity contribution in [1.29, 1.82) is 0 Å². The Hall–Kier alpha value is -2.08. The summed E-state index contributed by atoms with van der Waals surface area (Å²) in [5.74, 6) is -3.65.